The molecule has 16 heavy (non-hydrogen) atoms. The van der Waals surface area contributed by atoms with Gasteiger partial charge in [-0.3, -0.25) is 4.79 Å². The Hall–Kier alpha value is -1.29. The molecule has 0 aliphatic carbocycles. The highest BCUT2D eigenvalue weighted by Crippen LogP contribution is 2.34. The SMILES string of the molecule is COC(=O)C(C)(C)[C@@H](N)c1cc(C)c(C)o1. The summed E-state index contributed by atoms with van der Waals surface area (Å²) >= 11 is 0. The molecule has 1 heterocycles. The molecule has 0 amide bonds. The van der Waals surface area contributed by atoms with Crippen LogP contribution in [0, 0.1) is 19.3 Å². The van der Waals surface area contributed by atoms with Gasteiger partial charge in [0.1, 0.15) is 11.5 Å². The van der Waals surface area contributed by atoms with Crippen molar-refractivity contribution < 1.29 is 13.9 Å². The van der Waals surface area contributed by atoms with E-state index in [0.717, 1.165) is 11.3 Å². The van der Waals surface area contributed by atoms with Gasteiger partial charge in [0.2, 0.25) is 0 Å². The van der Waals surface area contributed by atoms with E-state index in [9.17, 15) is 4.79 Å². The van der Waals surface area contributed by atoms with Crippen LogP contribution in [-0.4, -0.2) is 13.1 Å². The minimum atomic E-state index is -0.800. The third-order valence-corrected chi connectivity index (χ3v) is 2.98. The lowest BCUT2D eigenvalue weighted by Gasteiger charge is -2.26. The Kier molecular flexibility index (Phi) is 3.43. The molecule has 4 heteroatoms. The van der Waals surface area contributed by atoms with E-state index >= 15 is 0 Å². The van der Waals surface area contributed by atoms with E-state index in [1.165, 1.54) is 7.11 Å². The van der Waals surface area contributed by atoms with E-state index in [1.807, 2.05) is 19.9 Å². The molecular formula is C12H19NO3. The maximum Gasteiger partial charge on any atom is 0.313 e. The molecule has 1 rings (SSSR count). The van der Waals surface area contributed by atoms with Gasteiger partial charge in [-0.1, -0.05) is 0 Å². The van der Waals surface area contributed by atoms with Gasteiger partial charge in [-0.05, 0) is 39.3 Å². The van der Waals surface area contributed by atoms with E-state index in [4.69, 9.17) is 14.9 Å². The summed E-state index contributed by atoms with van der Waals surface area (Å²) in [6.45, 7) is 7.31. The van der Waals surface area contributed by atoms with Gasteiger partial charge in [-0.2, -0.15) is 0 Å². The van der Waals surface area contributed by atoms with Crippen LogP contribution in [0.1, 0.15) is 37.0 Å². The lowest BCUT2D eigenvalue weighted by molar-refractivity contribution is -0.152. The normalized spacial score (nSPS) is 13.6. The molecule has 0 bridgehead atoms. The summed E-state index contributed by atoms with van der Waals surface area (Å²) in [7, 11) is 1.36. The summed E-state index contributed by atoms with van der Waals surface area (Å²) in [6, 6.07) is 1.36. The van der Waals surface area contributed by atoms with Crippen LogP contribution in [0.25, 0.3) is 0 Å². The monoisotopic (exact) mass is 225 g/mol. The molecule has 0 spiro atoms. The number of nitrogens with two attached hydrogens (primary N) is 1. The smallest absolute Gasteiger partial charge is 0.313 e. The zero-order chi connectivity index (χ0) is 12.5. The van der Waals surface area contributed by atoms with Gasteiger partial charge in [0.05, 0.1) is 18.6 Å². The highest BCUT2D eigenvalue weighted by molar-refractivity contribution is 5.76. The van der Waals surface area contributed by atoms with E-state index in [2.05, 4.69) is 0 Å². The van der Waals surface area contributed by atoms with Crippen LogP contribution >= 0.6 is 0 Å². The van der Waals surface area contributed by atoms with Gasteiger partial charge in [0, 0.05) is 0 Å². The number of carbonyl (C=O) groups is 1. The molecule has 4 nitrogen and oxygen atoms in total. The molecule has 0 radical (unpaired) electrons. The number of furan rings is 1. The van der Waals surface area contributed by atoms with Crippen molar-refractivity contribution in [3.05, 3.63) is 23.2 Å². The van der Waals surface area contributed by atoms with Gasteiger partial charge in [0.15, 0.2) is 0 Å². The molecule has 0 saturated heterocycles. The molecule has 1 aromatic heterocycles. The Morgan fingerprint density at radius 1 is 1.50 bits per heavy atom. The van der Waals surface area contributed by atoms with Crippen molar-refractivity contribution in [3.8, 4) is 0 Å². The quantitative estimate of drug-likeness (QED) is 0.800. The number of rotatable bonds is 3. The Morgan fingerprint density at radius 3 is 2.44 bits per heavy atom. The number of ether oxygens (including phenoxy) is 1. The zero-order valence-corrected chi connectivity index (χ0v) is 10.5. The van der Waals surface area contributed by atoms with Crippen molar-refractivity contribution in [2.24, 2.45) is 11.1 Å². The molecular weight excluding hydrogens is 206 g/mol. The largest absolute Gasteiger partial charge is 0.469 e. The number of hydrogen-bond acceptors (Lipinski definition) is 4. The summed E-state index contributed by atoms with van der Waals surface area (Å²) in [5, 5.41) is 0. The first kappa shape index (κ1) is 12.8. The summed E-state index contributed by atoms with van der Waals surface area (Å²) in [4.78, 5) is 11.6. The van der Waals surface area contributed by atoms with Gasteiger partial charge in [-0.15, -0.1) is 0 Å². The molecule has 0 unspecified atom stereocenters. The summed E-state index contributed by atoms with van der Waals surface area (Å²) in [5.41, 5.74) is 6.27. The number of carbonyl (C=O) groups excluding carboxylic acids is 1. The van der Waals surface area contributed by atoms with Crippen molar-refractivity contribution in [1.29, 1.82) is 0 Å². The molecule has 0 saturated carbocycles. The highest BCUT2D eigenvalue weighted by Gasteiger charge is 2.38. The van der Waals surface area contributed by atoms with Crippen LogP contribution in [0.15, 0.2) is 10.5 Å². The van der Waals surface area contributed by atoms with Crippen molar-refractivity contribution in [2.75, 3.05) is 7.11 Å². The van der Waals surface area contributed by atoms with Crippen LogP contribution in [0.2, 0.25) is 0 Å². The number of aryl methyl sites for hydroxylation is 2. The van der Waals surface area contributed by atoms with E-state index in [0.29, 0.717) is 5.76 Å². The highest BCUT2D eigenvalue weighted by atomic mass is 16.5. The van der Waals surface area contributed by atoms with Crippen LogP contribution in [0.5, 0.6) is 0 Å². The second kappa shape index (κ2) is 4.29. The van der Waals surface area contributed by atoms with Crippen LogP contribution in [0.3, 0.4) is 0 Å². The van der Waals surface area contributed by atoms with Crippen LogP contribution in [0.4, 0.5) is 0 Å². The fraction of sp³-hybridized carbons (Fsp3) is 0.583. The Bertz CT molecular complexity index is 373. The van der Waals surface area contributed by atoms with Crippen LogP contribution in [-0.2, 0) is 9.53 Å². The molecule has 2 N–H and O–H groups in total. The van der Waals surface area contributed by atoms with Crippen molar-refractivity contribution in [3.63, 3.8) is 0 Å². The zero-order valence-electron chi connectivity index (χ0n) is 10.5. The minimum Gasteiger partial charge on any atom is -0.469 e. The van der Waals surface area contributed by atoms with Crippen molar-refractivity contribution in [1.82, 2.24) is 0 Å². The number of hydrogen-bond donors (Lipinski definition) is 1. The molecule has 0 aromatic carbocycles. The van der Waals surface area contributed by atoms with Gasteiger partial charge < -0.3 is 14.9 Å². The Labute approximate surface area is 95.8 Å². The average Bonchev–Trinajstić information content (AvgIpc) is 2.56. The molecule has 0 fully saturated rings. The lowest BCUT2D eigenvalue weighted by atomic mass is 9.83. The first-order valence-electron chi connectivity index (χ1n) is 5.21. The fourth-order valence-corrected chi connectivity index (χ4v) is 1.50. The predicted octanol–water partition coefficient (Wildman–Crippen LogP) is 2.10. The maximum absolute atomic E-state index is 11.6. The number of esters is 1. The summed E-state index contributed by atoms with van der Waals surface area (Å²) in [5.74, 6) is 1.10. The molecule has 0 aliphatic rings. The molecule has 0 aliphatic heterocycles. The van der Waals surface area contributed by atoms with Crippen molar-refractivity contribution in [2.45, 2.75) is 33.7 Å². The molecule has 90 valence electrons. The van der Waals surface area contributed by atoms with Gasteiger partial charge in [-0.25, -0.2) is 0 Å². The van der Waals surface area contributed by atoms with Gasteiger partial charge >= 0.3 is 5.97 Å². The van der Waals surface area contributed by atoms with Gasteiger partial charge in [0.25, 0.3) is 0 Å². The third-order valence-electron chi connectivity index (χ3n) is 2.98. The Balaban J connectivity index is 3.01. The third kappa shape index (κ3) is 2.11. The molecule has 1 aromatic rings. The predicted molar refractivity (Wildman–Crippen MR) is 60.9 cm³/mol. The van der Waals surface area contributed by atoms with E-state index in [-0.39, 0.29) is 5.97 Å². The topological polar surface area (TPSA) is 65.5 Å². The first-order chi connectivity index (χ1) is 7.30. The Morgan fingerprint density at radius 2 is 2.06 bits per heavy atom. The second-order valence-electron chi connectivity index (χ2n) is 4.58. The van der Waals surface area contributed by atoms with E-state index in [1.54, 1.807) is 13.8 Å². The minimum absolute atomic E-state index is 0.341. The average molecular weight is 225 g/mol. The first-order valence-corrected chi connectivity index (χ1v) is 5.21. The second-order valence-corrected chi connectivity index (χ2v) is 4.58. The lowest BCUT2D eigenvalue weighted by Crippen LogP contribution is -2.37. The summed E-state index contributed by atoms with van der Waals surface area (Å²) < 4.78 is 10.3. The maximum atomic E-state index is 11.6. The van der Waals surface area contributed by atoms with E-state index < -0.39 is 11.5 Å². The van der Waals surface area contributed by atoms with Crippen molar-refractivity contribution >= 4 is 5.97 Å². The van der Waals surface area contributed by atoms with Crippen LogP contribution < -0.4 is 5.73 Å². The fourth-order valence-electron chi connectivity index (χ4n) is 1.50. The summed E-state index contributed by atoms with van der Waals surface area (Å²) in [6.07, 6.45) is 0. The standard InChI is InChI=1S/C12H19NO3/c1-7-6-9(16-8(7)2)10(13)12(3,4)11(14)15-5/h6,10H,13H2,1-5H3/t10-/m0/s1. The molecule has 1 atom stereocenters. The number of methoxy groups -OCH3 is 1.